The zero-order valence-corrected chi connectivity index (χ0v) is 12.3. The molecule has 0 fully saturated rings. The first-order valence-electron chi connectivity index (χ1n) is 6.28. The van der Waals surface area contributed by atoms with Crippen molar-refractivity contribution in [3.63, 3.8) is 0 Å². The second-order valence-corrected chi connectivity index (χ2v) is 4.46. The largest absolute Gasteiger partial charge is 0.477 e. The number of carbonyl (C=O) groups excluding carboxylic acids is 1. The van der Waals surface area contributed by atoms with Crippen LogP contribution in [0.4, 0.5) is 8.78 Å². The molecule has 0 saturated carbocycles. The van der Waals surface area contributed by atoms with Crippen molar-refractivity contribution in [1.82, 2.24) is 14.5 Å². The molecule has 0 aliphatic rings. The van der Waals surface area contributed by atoms with Crippen LogP contribution in [-0.4, -0.2) is 27.1 Å². The van der Waals surface area contributed by atoms with Gasteiger partial charge in [-0.1, -0.05) is 11.6 Å². The summed E-state index contributed by atoms with van der Waals surface area (Å²) in [6.45, 7) is -0.989. The van der Waals surface area contributed by atoms with Crippen molar-refractivity contribution in [3.8, 4) is 5.88 Å². The molecule has 0 spiro atoms. The van der Waals surface area contributed by atoms with E-state index >= 15 is 0 Å². The molecule has 6 nitrogen and oxygen atoms in total. The Balaban J connectivity index is 2.03. The average Bonchev–Trinajstić information content (AvgIpc) is 2.95. The number of carbonyl (C=O) groups is 1. The number of aromatic nitrogens is 3. The third-order valence-electron chi connectivity index (χ3n) is 2.62. The number of hydrogen-bond donors (Lipinski definition) is 0. The lowest BCUT2D eigenvalue weighted by Gasteiger charge is -2.08. The molecule has 0 aliphatic carbocycles. The topological polar surface area (TPSA) is 66.2 Å². The number of alkyl halides is 2. The smallest absolute Gasteiger partial charge is 0.340 e. The molecule has 2 rings (SSSR count). The second-order valence-electron chi connectivity index (χ2n) is 4.05. The predicted molar refractivity (Wildman–Crippen MR) is 73.0 cm³/mol. The Labute approximate surface area is 129 Å². The first-order chi connectivity index (χ1) is 10.5. The van der Waals surface area contributed by atoms with Crippen LogP contribution in [0.2, 0.25) is 5.02 Å². The van der Waals surface area contributed by atoms with E-state index in [1.165, 1.54) is 18.5 Å². The molecule has 0 aliphatic heterocycles. The minimum absolute atomic E-state index is 0.0617. The number of ether oxygens (including phenoxy) is 2. The normalized spacial score (nSPS) is 10.8. The van der Waals surface area contributed by atoms with Gasteiger partial charge in [0.2, 0.25) is 5.88 Å². The first-order valence-corrected chi connectivity index (χ1v) is 6.66. The highest BCUT2D eigenvalue weighted by molar-refractivity contribution is 6.32. The van der Waals surface area contributed by atoms with E-state index in [4.69, 9.17) is 21.1 Å². The molecule has 0 unspecified atom stereocenters. The van der Waals surface area contributed by atoms with E-state index in [-0.39, 0.29) is 28.9 Å². The number of rotatable bonds is 6. The van der Waals surface area contributed by atoms with Gasteiger partial charge in [-0.05, 0) is 13.0 Å². The van der Waals surface area contributed by atoms with Gasteiger partial charge in [-0.25, -0.2) is 14.8 Å². The van der Waals surface area contributed by atoms with Gasteiger partial charge in [0.15, 0.2) is 5.82 Å². The van der Waals surface area contributed by atoms with E-state index in [0.29, 0.717) is 11.2 Å². The standard InChI is InChI=1S/C13H12ClF2N3O3/c1-2-21-11-9(14)5-8(6-18-11)12(20)22-7-10-17-3-4-19(10)13(15)16/h3-6,13H,2,7H2,1H3. The van der Waals surface area contributed by atoms with Gasteiger partial charge in [-0.15, -0.1) is 0 Å². The molecule has 0 N–H and O–H groups in total. The number of halogens is 3. The second kappa shape index (κ2) is 7.17. The molecule has 0 aromatic carbocycles. The average molecular weight is 332 g/mol. The Kier molecular flexibility index (Phi) is 5.26. The third kappa shape index (κ3) is 3.70. The zero-order chi connectivity index (χ0) is 16.1. The molecule has 2 aromatic rings. The lowest BCUT2D eigenvalue weighted by molar-refractivity contribution is 0.0375. The molecule has 0 radical (unpaired) electrons. The quantitative estimate of drug-likeness (QED) is 0.761. The molecule has 0 saturated heterocycles. The van der Waals surface area contributed by atoms with Gasteiger partial charge in [0.05, 0.1) is 12.2 Å². The van der Waals surface area contributed by atoms with Crippen LogP contribution in [0.5, 0.6) is 5.88 Å². The van der Waals surface area contributed by atoms with Crippen molar-refractivity contribution in [3.05, 3.63) is 41.1 Å². The fourth-order valence-corrected chi connectivity index (χ4v) is 1.85. The highest BCUT2D eigenvalue weighted by atomic mass is 35.5. The minimum Gasteiger partial charge on any atom is -0.477 e. The predicted octanol–water partition coefficient (Wildman–Crippen LogP) is 3.08. The van der Waals surface area contributed by atoms with E-state index in [0.717, 1.165) is 6.20 Å². The minimum atomic E-state index is -2.75. The zero-order valence-electron chi connectivity index (χ0n) is 11.5. The molecular weight excluding hydrogens is 320 g/mol. The number of imidazole rings is 1. The summed E-state index contributed by atoms with van der Waals surface area (Å²) in [5.74, 6) is -0.608. The fraction of sp³-hybridized carbons (Fsp3) is 0.308. The molecule has 2 heterocycles. The van der Waals surface area contributed by atoms with Crippen LogP contribution < -0.4 is 4.74 Å². The Hall–Kier alpha value is -2.22. The Morgan fingerprint density at radius 2 is 2.23 bits per heavy atom. The van der Waals surface area contributed by atoms with Crippen molar-refractivity contribution in [2.24, 2.45) is 0 Å². The van der Waals surface area contributed by atoms with Crippen LogP contribution in [0.15, 0.2) is 24.7 Å². The van der Waals surface area contributed by atoms with E-state index in [9.17, 15) is 13.6 Å². The van der Waals surface area contributed by atoms with Crippen LogP contribution in [0.1, 0.15) is 29.7 Å². The van der Waals surface area contributed by atoms with Gasteiger partial charge in [0, 0.05) is 18.6 Å². The lowest BCUT2D eigenvalue weighted by atomic mass is 10.3. The van der Waals surface area contributed by atoms with Crippen LogP contribution in [0.25, 0.3) is 0 Å². The molecule has 22 heavy (non-hydrogen) atoms. The van der Waals surface area contributed by atoms with E-state index < -0.39 is 12.5 Å². The van der Waals surface area contributed by atoms with Crippen LogP contribution in [0, 0.1) is 0 Å². The van der Waals surface area contributed by atoms with Gasteiger partial charge in [0.1, 0.15) is 11.6 Å². The highest BCUT2D eigenvalue weighted by Crippen LogP contribution is 2.23. The number of nitrogens with zero attached hydrogens (tertiary/aromatic N) is 3. The van der Waals surface area contributed by atoms with Crippen molar-refractivity contribution in [2.45, 2.75) is 20.1 Å². The van der Waals surface area contributed by atoms with Crippen LogP contribution >= 0.6 is 11.6 Å². The third-order valence-corrected chi connectivity index (χ3v) is 2.89. The van der Waals surface area contributed by atoms with E-state index in [2.05, 4.69) is 9.97 Å². The summed E-state index contributed by atoms with van der Waals surface area (Å²) in [5, 5.41) is 0.158. The van der Waals surface area contributed by atoms with Gasteiger partial charge in [-0.2, -0.15) is 8.78 Å². The summed E-state index contributed by atoms with van der Waals surface area (Å²) in [4.78, 5) is 19.4. The molecule has 0 amide bonds. The number of hydrogen-bond acceptors (Lipinski definition) is 5. The summed E-state index contributed by atoms with van der Waals surface area (Å²) in [7, 11) is 0. The molecule has 0 atom stereocenters. The molecule has 9 heteroatoms. The summed E-state index contributed by atoms with van der Waals surface area (Å²) in [5.41, 5.74) is 0.0867. The van der Waals surface area contributed by atoms with Crippen LogP contribution in [-0.2, 0) is 11.3 Å². The number of pyridine rings is 1. The van der Waals surface area contributed by atoms with Gasteiger partial charge >= 0.3 is 12.5 Å². The van der Waals surface area contributed by atoms with Crippen LogP contribution in [0.3, 0.4) is 0 Å². The maximum atomic E-state index is 12.6. The van der Waals surface area contributed by atoms with Crippen molar-refractivity contribution >= 4 is 17.6 Å². The molecule has 118 valence electrons. The maximum Gasteiger partial charge on any atom is 0.340 e. The van der Waals surface area contributed by atoms with Crippen molar-refractivity contribution in [2.75, 3.05) is 6.61 Å². The summed E-state index contributed by atoms with van der Waals surface area (Å²) < 4.78 is 35.9. The Bertz CT molecular complexity index is 664. The first kappa shape index (κ1) is 16.2. The molecule has 0 bridgehead atoms. The number of esters is 1. The Morgan fingerprint density at radius 1 is 1.45 bits per heavy atom. The highest BCUT2D eigenvalue weighted by Gasteiger charge is 2.15. The monoisotopic (exact) mass is 331 g/mol. The summed E-state index contributed by atoms with van der Waals surface area (Å²) in [6.07, 6.45) is 3.53. The molecular formula is C13H12ClF2N3O3. The van der Waals surface area contributed by atoms with Crippen molar-refractivity contribution < 1.29 is 23.0 Å². The maximum absolute atomic E-state index is 12.6. The van der Waals surface area contributed by atoms with Gasteiger partial charge < -0.3 is 9.47 Å². The van der Waals surface area contributed by atoms with E-state index in [1.54, 1.807) is 6.92 Å². The molecule has 2 aromatic heterocycles. The summed E-state index contributed by atoms with van der Waals surface area (Å²) >= 11 is 5.91. The summed E-state index contributed by atoms with van der Waals surface area (Å²) in [6, 6.07) is 1.33. The SMILES string of the molecule is CCOc1ncc(C(=O)OCc2nccn2C(F)F)cc1Cl. The van der Waals surface area contributed by atoms with Gasteiger partial charge in [-0.3, -0.25) is 4.57 Å². The van der Waals surface area contributed by atoms with Crippen molar-refractivity contribution in [1.29, 1.82) is 0 Å². The lowest BCUT2D eigenvalue weighted by Crippen LogP contribution is -2.10. The fourth-order valence-electron chi connectivity index (χ4n) is 1.63. The van der Waals surface area contributed by atoms with E-state index in [1.807, 2.05) is 0 Å². The Morgan fingerprint density at radius 3 is 2.86 bits per heavy atom. The van der Waals surface area contributed by atoms with Gasteiger partial charge in [0.25, 0.3) is 0 Å².